The van der Waals surface area contributed by atoms with Crippen molar-refractivity contribution >= 4 is 38.2 Å². The lowest BCUT2D eigenvalue weighted by molar-refractivity contribution is -0.129. The van der Waals surface area contributed by atoms with Crippen LogP contribution in [0.1, 0.15) is 29.4 Å². The molecule has 1 saturated heterocycles. The van der Waals surface area contributed by atoms with Crippen molar-refractivity contribution in [2.45, 2.75) is 32.4 Å². The van der Waals surface area contributed by atoms with Crippen molar-refractivity contribution in [2.24, 2.45) is 0 Å². The van der Waals surface area contributed by atoms with Crippen LogP contribution < -0.4 is 10.6 Å². The minimum atomic E-state index is -3.08. The molecule has 23 heavy (non-hydrogen) atoms. The average molecular weight is 361 g/mol. The predicted octanol–water partition coefficient (Wildman–Crippen LogP) is 0.342. The van der Waals surface area contributed by atoms with Crippen molar-refractivity contribution < 1.29 is 22.7 Å². The number of carbonyl (C=O) groups is 2. The van der Waals surface area contributed by atoms with Crippen LogP contribution in [0.4, 0.5) is 5.00 Å². The molecule has 0 aliphatic carbocycles. The number of carbonyl (C=O) groups excluding carboxylic acids is 2. The molecule has 1 aromatic rings. The quantitative estimate of drug-likeness (QED) is 0.727. The van der Waals surface area contributed by atoms with Crippen molar-refractivity contribution in [1.82, 2.24) is 9.69 Å². The van der Waals surface area contributed by atoms with E-state index in [1.165, 1.54) is 6.92 Å². The van der Waals surface area contributed by atoms with Crippen molar-refractivity contribution in [1.29, 1.82) is 0 Å². The van der Waals surface area contributed by atoms with Crippen LogP contribution in [0.5, 0.6) is 0 Å². The van der Waals surface area contributed by atoms with E-state index in [1.807, 2.05) is 0 Å². The molecule has 0 spiro atoms. The van der Waals surface area contributed by atoms with Crippen LogP contribution in [0.2, 0.25) is 0 Å². The lowest BCUT2D eigenvalue weighted by Gasteiger charge is -2.16. The lowest BCUT2D eigenvalue weighted by atomic mass is 10.2. The third kappa shape index (κ3) is 4.20. The Morgan fingerprint density at radius 2 is 2.13 bits per heavy atom. The van der Waals surface area contributed by atoms with E-state index in [-0.39, 0.29) is 11.5 Å². The van der Waals surface area contributed by atoms with Gasteiger partial charge in [-0.3, -0.25) is 4.79 Å². The second-order valence-corrected chi connectivity index (χ2v) is 8.38. The summed E-state index contributed by atoms with van der Waals surface area (Å²) >= 11 is 1.14. The Morgan fingerprint density at radius 3 is 2.70 bits per heavy atom. The van der Waals surface area contributed by atoms with E-state index in [0.29, 0.717) is 22.7 Å². The van der Waals surface area contributed by atoms with Gasteiger partial charge in [-0.1, -0.05) is 0 Å². The minimum Gasteiger partial charge on any atom is -0.449 e. The van der Waals surface area contributed by atoms with E-state index in [0.717, 1.165) is 11.5 Å². The number of ether oxygens (including phenoxy) is 1. The summed E-state index contributed by atoms with van der Waals surface area (Å²) in [5, 5.41) is 6.03. The zero-order chi connectivity index (χ0) is 17.2. The fraction of sp³-hybridized carbons (Fsp3) is 0.615. The summed E-state index contributed by atoms with van der Waals surface area (Å²) in [6, 6.07) is -0.425. The Kier molecular flexibility index (Phi) is 5.25. The number of aromatic nitrogens is 1. The zero-order valence-corrected chi connectivity index (χ0v) is 14.7. The number of anilines is 1. The fourth-order valence-electron chi connectivity index (χ4n) is 2.28. The Hall–Kier alpha value is -1.68. The second-order valence-electron chi connectivity index (χ2n) is 5.38. The summed E-state index contributed by atoms with van der Waals surface area (Å²) in [6.45, 7) is 3.13. The summed E-state index contributed by atoms with van der Waals surface area (Å²) in [4.78, 5) is 24.2. The van der Waals surface area contributed by atoms with Gasteiger partial charge in [0.05, 0.1) is 17.2 Å². The summed E-state index contributed by atoms with van der Waals surface area (Å²) in [6.07, 6.45) is -0.638. The number of sulfone groups is 1. The highest BCUT2D eigenvalue weighted by atomic mass is 32.2. The largest absolute Gasteiger partial charge is 0.449 e. The zero-order valence-electron chi connectivity index (χ0n) is 13.1. The van der Waals surface area contributed by atoms with Gasteiger partial charge in [0.2, 0.25) is 0 Å². The van der Waals surface area contributed by atoms with Crippen LogP contribution in [-0.2, 0) is 19.4 Å². The van der Waals surface area contributed by atoms with Crippen LogP contribution in [0.3, 0.4) is 0 Å². The topological polar surface area (TPSA) is 114 Å². The van der Waals surface area contributed by atoms with Crippen molar-refractivity contribution in [3.63, 3.8) is 0 Å². The molecule has 128 valence electrons. The van der Waals surface area contributed by atoms with Gasteiger partial charge in [0, 0.05) is 13.1 Å². The van der Waals surface area contributed by atoms with Crippen molar-refractivity contribution in [2.75, 3.05) is 23.9 Å². The molecule has 1 aromatic heterocycles. The molecule has 0 aromatic carbocycles. The maximum atomic E-state index is 12.2. The number of esters is 1. The number of nitrogens with one attached hydrogen (secondary N) is 2. The highest BCUT2D eigenvalue weighted by molar-refractivity contribution is 7.91. The molecule has 0 radical (unpaired) electrons. The normalized spacial score (nSPS) is 20.7. The van der Waals surface area contributed by atoms with Gasteiger partial charge in [-0.25, -0.2) is 13.2 Å². The van der Waals surface area contributed by atoms with Gasteiger partial charge in [0.25, 0.3) is 5.91 Å². The van der Waals surface area contributed by atoms with E-state index in [2.05, 4.69) is 15.0 Å². The van der Waals surface area contributed by atoms with Gasteiger partial charge in [-0.2, -0.15) is 4.37 Å². The van der Waals surface area contributed by atoms with Gasteiger partial charge < -0.3 is 15.4 Å². The van der Waals surface area contributed by atoms with Crippen molar-refractivity contribution in [3.05, 3.63) is 11.3 Å². The van der Waals surface area contributed by atoms with E-state index >= 15 is 0 Å². The molecular formula is C13H19N3O5S2. The SMILES string of the molecule is CNc1snc(C)c1C(=O)O[C@@H](C)C(=O)N[C@H]1CCS(=O)(=O)C1. The first-order chi connectivity index (χ1) is 10.7. The molecule has 1 aliphatic heterocycles. The molecule has 2 N–H and O–H groups in total. The number of hydrogen-bond donors (Lipinski definition) is 2. The first-order valence-electron chi connectivity index (χ1n) is 7.09. The first-order valence-corrected chi connectivity index (χ1v) is 9.69. The molecule has 1 amide bonds. The molecule has 2 heterocycles. The number of hydrogen-bond acceptors (Lipinski definition) is 8. The van der Waals surface area contributed by atoms with Gasteiger partial charge in [-0.05, 0) is 31.8 Å². The first kappa shape index (κ1) is 17.7. The van der Waals surface area contributed by atoms with Crippen LogP contribution in [-0.4, -0.2) is 55.4 Å². The number of rotatable bonds is 5. The Balaban J connectivity index is 1.95. The summed E-state index contributed by atoms with van der Waals surface area (Å²) < 4.78 is 32.0. The third-order valence-electron chi connectivity index (χ3n) is 3.53. The monoisotopic (exact) mass is 361 g/mol. The molecular weight excluding hydrogens is 342 g/mol. The summed E-state index contributed by atoms with van der Waals surface area (Å²) in [5.74, 6) is -1.15. The number of nitrogens with zero attached hydrogens (tertiary/aromatic N) is 1. The maximum absolute atomic E-state index is 12.2. The van der Waals surface area contributed by atoms with Crippen LogP contribution in [0.25, 0.3) is 0 Å². The average Bonchev–Trinajstić information content (AvgIpc) is 3.00. The highest BCUT2D eigenvalue weighted by Crippen LogP contribution is 2.25. The Labute approximate surface area is 138 Å². The smallest absolute Gasteiger partial charge is 0.343 e. The van der Waals surface area contributed by atoms with Gasteiger partial charge in [0.15, 0.2) is 15.9 Å². The predicted molar refractivity (Wildman–Crippen MR) is 86.5 cm³/mol. The van der Waals surface area contributed by atoms with Gasteiger partial charge in [0.1, 0.15) is 10.6 Å². The maximum Gasteiger partial charge on any atom is 0.343 e. The minimum absolute atomic E-state index is 0.0669. The number of amides is 1. The Morgan fingerprint density at radius 1 is 1.43 bits per heavy atom. The molecule has 2 rings (SSSR count). The molecule has 0 bridgehead atoms. The van der Waals surface area contributed by atoms with Gasteiger partial charge in [-0.15, -0.1) is 0 Å². The molecule has 1 fully saturated rings. The third-order valence-corrected chi connectivity index (χ3v) is 6.25. The molecule has 8 nitrogen and oxygen atoms in total. The van der Waals surface area contributed by atoms with Gasteiger partial charge >= 0.3 is 5.97 Å². The van der Waals surface area contributed by atoms with Crippen molar-refractivity contribution in [3.8, 4) is 0 Å². The van der Waals surface area contributed by atoms with E-state index in [9.17, 15) is 18.0 Å². The Bertz CT molecular complexity index is 713. The van der Waals surface area contributed by atoms with E-state index in [4.69, 9.17) is 4.74 Å². The molecule has 2 atom stereocenters. The standard InChI is InChI=1S/C13H19N3O5S2/c1-7-10(12(14-3)22-16-7)13(18)21-8(2)11(17)15-9-4-5-23(19,20)6-9/h8-9,14H,4-6H2,1-3H3,(H,15,17)/t8-,9-/m0/s1. The second kappa shape index (κ2) is 6.83. The van der Waals surface area contributed by atoms with Crippen LogP contribution in [0, 0.1) is 6.92 Å². The molecule has 0 unspecified atom stereocenters. The summed E-state index contributed by atoms with van der Waals surface area (Å²) in [7, 11) is -1.41. The lowest BCUT2D eigenvalue weighted by Crippen LogP contribution is -2.42. The molecule has 10 heteroatoms. The fourth-order valence-corrected chi connectivity index (χ4v) is 4.69. The highest BCUT2D eigenvalue weighted by Gasteiger charge is 2.31. The van der Waals surface area contributed by atoms with E-state index < -0.39 is 33.9 Å². The van der Waals surface area contributed by atoms with Crippen LogP contribution >= 0.6 is 11.5 Å². The molecule has 0 saturated carbocycles. The summed E-state index contributed by atoms with van der Waals surface area (Å²) in [5.41, 5.74) is 0.833. The van der Waals surface area contributed by atoms with Crippen LogP contribution in [0.15, 0.2) is 0 Å². The number of aryl methyl sites for hydroxylation is 1. The molecule has 1 aliphatic rings. The van der Waals surface area contributed by atoms with E-state index in [1.54, 1.807) is 14.0 Å².